The molecule has 3 N–H and O–H groups in total. The highest BCUT2D eigenvalue weighted by molar-refractivity contribution is 7.80. The minimum Gasteiger partial charge on any atom is -0.480 e. The second-order valence-corrected chi connectivity index (χ2v) is 1.90. The molecular formula is C4H11Cl2NO2S. The maximum atomic E-state index is 9.93. The smallest absolute Gasteiger partial charge is 0.320 e. The summed E-state index contributed by atoms with van der Waals surface area (Å²) in [5, 5.41) is 8.15. The Bertz CT molecular complexity index is 93.3. The van der Waals surface area contributed by atoms with Gasteiger partial charge < -0.3 is 10.8 Å². The summed E-state index contributed by atoms with van der Waals surface area (Å²) in [6.07, 6.45) is 0.429. The van der Waals surface area contributed by atoms with Crippen LogP contribution in [0.5, 0.6) is 0 Å². The Morgan fingerprint density at radius 2 is 2.00 bits per heavy atom. The van der Waals surface area contributed by atoms with Crippen LogP contribution >= 0.6 is 37.4 Å². The lowest BCUT2D eigenvalue weighted by atomic mass is 10.2. The standard InChI is InChI=1S/C4H9NO2S.2ClH/c5-3(1-2-8)4(6)7;;/h3,8H,1-2,5H2,(H,6,7);2*1H. The molecule has 0 saturated heterocycles. The first-order valence-corrected chi connectivity index (χ1v) is 2.91. The molecule has 0 bridgehead atoms. The van der Waals surface area contributed by atoms with E-state index in [9.17, 15) is 4.79 Å². The lowest BCUT2D eigenvalue weighted by molar-refractivity contribution is -0.138. The maximum Gasteiger partial charge on any atom is 0.320 e. The van der Waals surface area contributed by atoms with Gasteiger partial charge in [-0.3, -0.25) is 4.79 Å². The first kappa shape index (κ1) is 16.8. The van der Waals surface area contributed by atoms with Crippen molar-refractivity contribution in [1.29, 1.82) is 0 Å². The van der Waals surface area contributed by atoms with Crippen molar-refractivity contribution in [2.24, 2.45) is 5.73 Å². The van der Waals surface area contributed by atoms with Crippen molar-refractivity contribution in [3.63, 3.8) is 0 Å². The molecule has 0 spiro atoms. The van der Waals surface area contributed by atoms with E-state index in [1.165, 1.54) is 0 Å². The highest BCUT2D eigenvalue weighted by atomic mass is 35.5. The van der Waals surface area contributed by atoms with Crippen LogP contribution in [0.1, 0.15) is 6.42 Å². The first-order valence-electron chi connectivity index (χ1n) is 2.27. The Hall–Kier alpha value is 0.360. The Balaban J connectivity index is -0.000000245. The van der Waals surface area contributed by atoms with Crippen molar-refractivity contribution in [3.05, 3.63) is 0 Å². The second-order valence-electron chi connectivity index (χ2n) is 1.46. The zero-order valence-electron chi connectivity index (χ0n) is 5.19. The quantitative estimate of drug-likeness (QED) is 0.594. The molecule has 0 aliphatic carbocycles. The van der Waals surface area contributed by atoms with Gasteiger partial charge in [-0.25, -0.2) is 0 Å². The normalized spacial score (nSPS) is 10.6. The van der Waals surface area contributed by atoms with E-state index in [2.05, 4.69) is 12.6 Å². The third-order valence-electron chi connectivity index (χ3n) is 0.757. The number of rotatable bonds is 3. The molecule has 3 nitrogen and oxygen atoms in total. The van der Waals surface area contributed by atoms with Crippen LogP contribution in [0.4, 0.5) is 0 Å². The number of thiol groups is 1. The van der Waals surface area contributed by atoms with Gasteiger partial charge in [0.2, 0.25) is 0 Å². The summed E-state index contributed by atoms with van der Waals surface area (Å²) < 4.78 is 0. The van der Waals surface area contributed by atoms with E-state index in [0.717, 1.165) is 0 Å². The molecule has 10 heavy (non-hydrogen) atoms. The fourth-order valence-electron chi connectivity index (χ4n) is 0.263. The van der Waals surface area contributed by atoms with Crippen LogP contribution in [0.2, 0.25) is 0 Å². The molecule has 1 atom stereocenters. The third-order valence-corrected chi connectivity index (χ3v) is 1.02. The van der Waals surface area contributed by atoms with Crippen LogP contribution < -0.4 is 5.73 Å². The van der Waals surface area contributed by atoms with Crippen LogP contribution in [-0.2, 0) is 4.79 Å². The van der Waals surface area contributed by atoms with Gasteiger partial charge in [0.15, 0.2) is 0 Å². The van der Waals surface area contributed by atoms with Gasteiger partial charge in [0, 0.05) is 0 Å². The number of carboxylic acids is 1. The summed E-state index contributed by atoms with van der Waals surface area (Å²) in [5.41, 5.74) is 5.08. The van der Waals surface area contributed by atoms with Gasteiger partial charge in [0.05, 0.1) is 0 Å². The summed E-state index contributed by atoms with van der Waals surface area (Å²) in [7, 11) is 0. The van der Waals surface area contributed by atoms with Gasteiger partial charge in [-0.1, -0.05) is 0 Å². The molecular weight excluding hydrogens is 197 g/mol. The van der Waals surface area contributed by atoms with Crippen molar-refractivity contribution in [1.82, 2.24) is 0 Å². The predicted molar refractivity (Wildman–Crippen MR) is 48.6 cm³/mol. The van der Waals surface area contributed by atoms with E-state index >= 15 is 0 Å². The van der Waals surface area contributed by atoms with E-state index in [0.29, 0.717) is 12.2 Å². The SMILES string of the molecule is Cl.Cl.NC(CCS)C(=O)O. The third kappa shape index (κ3) is 8.36. The summed E-state index contributed by atoms with van der Waals surface area (Å²) in [6, 6.07) is -0.743. The van der Waals surface area contributed by atoms with Crippen molar-refractivity contribution < 1.29 is 9.90 Å². The minimum atomic E-state index is -0.959. The summed E-state index contributed by atoms with van der Waals surface area (Å²) in [4.78, 5) is 9.93. The number of hydrogen-bond donors (Lipinski definition) is 3. The number of halogens is 2. The van der Waals surface area contributed by atoms with Gasteiger partial charge in [0.25, 0.3) is 0 Å². The molecule has 0 aromatic carbocycles. The van der Waals surface area contributed by atoms with Crippen molar-refractivity contribution in [3.8, 4) is 0 Å². The Labute approximate surface area is 77.6 Å². The molecule has 0 rings (SSSR count). The van der Waals surface area contributed by atoms with Gasteiger partial charge >= 0.3 is 5.97 Å². The molecule has 0 aromatic rings. The number of nitrogens with two attached hydrogens (primary N) is 1. The van der Waals surface area contributed by atoms with E-state index < -0.39 is 12.0 Å². The summed E-state index contributed by atoms with van der Waals surface area (Å²) in [6.45, 7) is 0. The van der Waals surface area contributed by atoms with Crippen molar-refractivity contribution in [2.75, 3.05) is 5.75 Å². The van der Waals surface area contributed by atoms with Crippen LogP contribution in [-0.4, -0.2) is 22.9 Å². The van der Waals surface area contributed by atoms with Gasteiger partial charge in [-0.15, -0.1) is 24.8 Å². The average Bonchev–Trinajstić information content (AvgIpc) is 1.67. The zero-order valence-corrected chi connectivity index (χ0v) is 7.72. The molecule has 0 aliphatic rings. The molecule has 6 heteroatoms. The fraction of sp³-hybridized carbons (Fsp3) is 0.750. The number of carbonyl (C=O) groups is 1. The van der Waals surface area contributed by atoms with Crippen LogP contribution in [0.15, 0.2) is 0 Å². The predicted octanol–water partition coefficient (Wildman–Crippen LogP) is 0.562. The molecule has 0 fully saturated rings. The van der Waals surface area contributed by atoms with Crippen LogP contribution in [0, 0.1) is 0 Å². The topological polar surface area (TPSA) is 63.3 Å². The number of carboxylic acid groups (broad SMARTS) is 1. The van der Waals surface area contributed by atoms with E-state index in [1.54, 1.807) is 0 Å². The second kappa shape index (κ2) is 9.36. The fourth-order valence-corrected chi connectivity index (χ4v) is 0.541. The molecule has 0 aliphatic heterocycles. The number of hydrogen-bond acceptors (Lipinski definition) is 3. The number of aliphatic carboxylic acids is 1. The van der Waals surface area contributed by atoms with E-state index in [4.69, 9.17) is 10.8 Å². The maximum absolute atomic E-state index is 9.93. The van der Waals surface area contributed by atoms with E-state index in [1.807, 2.05) is 0 Å². The molecule has 0 amide bonds. The van der Waals surface area contributed by atoms with Crippen molar-refractivity contribution in [2.45, 2.75) is 12.5 Å². The summed E-state index contributed by atoms with van der Waals surface area (Å²) in [5.74, 6) is -0.438. The lowest BCUT2D eigenvalue weighted by Crippen LogP contribution is -2.30. The summed E-state index contributed by atoms with van der Waals surface area (Å²) >= 11 is 3.81. The van der Waals surface area contributed by atoms with Gasteiger partial charge in [-0.05, 0) is 12.2 Å². The van der Waals surface area contributed by atoms with Gasteiger partial charge in [0.1, 0.15) is 6.04 Å². The Morgan fingerprint density at radius 1 is 1.60 bits per heavy atom. The lowest BCUT2D eigenvalue weighted by Gasteiger charge is -2.00. The molecule has 0 aromatic heterocycles. The molecule has 0 heterocycles. The molecule has 64 valence electrons. The van der Waals surface area contributed by atoms with Crippen molar-refractivity contribution >= 4 is 43.4 Å². The highest BCUT2D eigenvalue weighted by Gasteiger charge is 2.08. The Morgan fingerprint density at radius 3 is 2.10 bits per heavy atom. The van der Waals surface area contributed by atoms with E-state index in [-0.39, 0.29) is 24.8 Å². The largest absolute Gasteiger partial charge is 0.480 e. The van der Waals surface area contributed by atoms with Crippen LogP contribution in [0.25, 0.3) is 0 Å². The zero-order chi connectivity index (χ0) is 6.57. The molecule has 0 saturated carbocycles. The highest BCUT2D eigenvalue weighted by Crippen LogP contribution is 1.88. The minimum absolute atomic E-state index is 0. The average molecular weight is 208 g/mol. The monoisotopic (exact) mass is 207 g/mol. The molecule has 1 unspecified atom stereocenters. The van der Waals surface area contributed by atoms with Crippen LogP contribution in [0.3, 0.4) is 0 Å². The van der Waals surface area contributed by atoms with Gasteiger partial charge in [-0.2, -0.15) is 12.6 Å². The Kier molecular flexibility index (Phi) is 15.7. The first-order chi connectivity index (χ1) is 3.68. The molecule has 0 radical (unpaired) electrons.